The highest BCUT2D eigenvalue weighted by atomic mass is 16.5. The van der Waals surface area contributed by atoms with Crippen LogP contribution in [-0.4, -0.2) is 30.2 Å². The molecule has 0 spiro atoms. The summed E-state index contributed by atoms with van der Waals surface area (Å²) in [6.07, 6.45) is 0. The summed E-state index contributed by atoms with van der Waals surface area (Å²) in [7, 11) is 0. The van der Waals surface area contributed by atoms with Gasteiger partial charge >= 0.3 is 5.97 Å². The molecule has 0 aromatic heterocycles. The number of hydrogen-bond donors (Lipinski definition) is 2. The summed E-state index contributed by atoms with van der Waals surface area (Å²) in [6.45, 7) is 6.16. The number of aliphatic carboxylic acids is 1. The summed E-state index contributed by atoms with van der Waals surface area (Å²) in [5, 5.41) is 11.6. The predicted molar refractivity (Wildman–Crippen MR) is 97.8 cm³/mol. The van der Waals surface area contributed by atoms with E-state index < -0.39 is 12.6 Å². The second kappa shape index (κ2) is 8.89. The molecule has 2 N–H and O–H groups in total. The fourth-order valence-electron chi connectivity index (χ4n) is 2.50. The van der Waals surface area contributed by atoms with E-state index in [1.807, 2.05) is 26.0 Å². The number of amides is 1. The molecule has 0 saturated heterocycles. The van der Waals surface area contributed by atoms with Crippen molar-refractivity contribution in [1.82, 2.24) is 5.32 Å². The van der Waals surface area contributed by atoms with Crippen LogP contribution in [-0.2, 0) is 11.3 Å². The Hall–Kier alpha value is -3.02. The van der Waals surface area contributed by atoms with Gasteiger partial charge in [-0.3, -0.25) is 4.79 Å². The molecule has 2 rings (SSSR count). The molecule has 0 heterocycles. The molecular weight excluding hydrogens is 334 g/mol. The number of carbonyl (C=O) groups excluding carboxylic acids is 1. The summed E-state index contributed by atoms with van der Waals surface area (Å²) in [5.41, 5.74) is 3.77. The molecule has 2 aromatic rings. The van der Waals surface area contributed by atoms with Crippen LogP contribution in [0.1, 0.15) is 34.0 Å². The monoisotopic (exact) mass is 357 g/mol. The zero-order valence-electron chi connectivity index (χ0n) is 15.2. The Kier molecular flexibility index (Phi) is 6.60. The fraction of sp³-hybridized carbons (Fsp3) is 0.300. The zero-order chi connectivity index (χ0) is 19.1. The largest absolute Gasteiger partial charge is 0.490 e. The first-order chi connectivity index (χ1) is 12.4. The Labute approximate surface area is 152 Å². The van der Waals surface area contributed by atoms with Crippen LogP contribution in [0.5, 0.6) is 11.5 Å². The van der Waals surface area contributed by atoms with Crippen molar-refractivity contribution in [1.29, 1.82) is 0 Å². The molecular formula is C20H23NO5. The average Bonchev–Trinajstić information content (AvgIpc) is 2.59. The number of carbonyl (C=O) groups is 2. The molecule has 0 radical (unpaired) electrons. The van der Waals surface area contributed by atoms with Crippen LogP contribution in [0.3, 0.4) is 0 Å². The van der Waals surface area contributed by atoms with Crippen LogP contribution < -0.4 is 14.8 Å². The van der Waals surface area contributed by atoms with Crippen LogP contribution >= 0.6 is 0 Å². The maximum Gasteiger partial charge on any atom is 0.341 e. The number of nitrogens with one attached hydrogen (secondary N) is 1. The molecule has 6 heteroatoms. The molecule has 6 nitrogen and oxygen atoms in total. The van der Waals surface area contributed by atoms with Gasteiger partial charge in [-0.2, -0.15) is 0 Å². The van der Waals surface area contributed by atoms with Gasteiger partial charge < -0.3 is 19.9 Å². The van der Waals surface area contributed by atoms with Gasteiger partial charge in [-0.25, -0.2) is 4.79 Å². The lowest BCUT2D eigenvalue weighted by molar-refractivity contribution is -0.139. The average molecular weight is 357 g/mol. The van der Waals surface area contributed by atoms with E-state index in [9.17, 15) is 9.59 Å². The van der Waals surface area contributed by atoms with Crippen molar-refractivity contribution in [3.63, 3.8) is 0 Å². The van der Waals surface area contributed by atoms with Crippen LogP contribution in [0.2, 0.25) is 0 Å². The van der Waals surface area contributed by atoms with E-state index >= 15 is 0 Å². The summed E-state index contributed by atoms with van der Waals surface area (Å²) < 4.78 is 10.6. The maximum atomic E-state index is 12.4. The highest BCUT2D eigenvalue weighted by molar-refractivity contribution is 5.94. The molecule has 26 heavy (non-hydrogen) atoms. The minimum absolute atomic E-state index is 0.240. The number of aryl methyl sites for hydroxylation is 2. The van der Waals surface area contributed by atoms with Gasteiger partial charge in [-0.15, -0.1) is 0 Å². The van der Waals surface area contributed by atoms with Crippen molar-refractivity contribution in [2.75, 3.05) is 13.2 Å². The summed E-state index contributed by atoms with van der Waals surface area (Å²) in [5.74, 6) is -0.688. The number of benzene rings is 2. The third kappa shape index (κ3) is 5.24. The molecule has 0 aliphatic rings. The van der Waals surface area contributed by atoms with Gasteiger partial charge in [0.1, 0.15) is 0 Å². The first kappa shape index (κ1) is 19.3. The smallest absolute Gasteiger partial charge is 0.341 e. The van der Waals surface area contributed by atoms with Crippen molar-refractivity contribution >= 4 is 11.9 Å². The van der Waals surface area contributed by atoms with Gasteiger partial charge in [-0.1, -0.05) is 23.8 Å². The number of ether oxygens (including phenoxy) is 2. The molecule has 0 atom stereocenters. The highest BCUT2D eigenvalue weighted by Crippen LogP contribution is 2.28. The second-order valence-electron chi connectivity index (χ2n) is 5.89. The van der Waals surface area contributed by atoms with Gasteiger partial charge in [0.05, 0.1) is 6.61 Å². The molecule has 1 amide bonds. The number of rotatable bonds is 8. The first-order valence-electron chi connectivity index (χ1n) is 8.36. The first-order valence-corrected chi connectivity index (χ1v) is 8.36. The molecule has 0 unspecified atom stereocenters. The molecule has 0 aliphatic carbocycles. The molecule has 0 saturated carbocycles. The fourth-order valence-corrected chi connectivity index (χ4v) is 2.50. The van der Waals surface area contributed by atoms with Crippen molar-refractivity contribution in [3.05, 3.63) is 58.7 Å². The Morgan fingerprint density at radius 1 is 1.04 bits per heavy atom. The summed E-state index contributed by atoms with van der Waals surface area (Å²) in [4.78, 5) is 23.1. The summed E-state index contributed by atoms with van der Waals surface area (Å²) >= 11 is 0. The van der Waals surface area contributed by atoms with Crippen molar-refractivity contribution in [2.45, 2.75) is 27.3 Å². The minimum Gasteiger partial charge on any atom is -0.490 e. The predicted octanol–water partition coefficient (Wildman–Crippen LogP) is 3.10. The second-order valence-corrected chi connectivity index (χ2v) is 5.89. The lowest BCUT2D eigenvalue weighted by atomic mass is 10.1. The normalized spacial score (nSPS) is 10.3. The van der Waals surface area contributed by atoms with Crippen molar-refractivity contribution in [3.8, 4) is 11.5 Å². The van der Waals surface area contributed by atoms with E-state index in [1.165, 1.54) is 5.56 Å². The quantitative estimate of drug-likeness (QED) is 0.758. The Morgan fingerprint density at radius 2 is 1.81 bits per heavy atom. The van der Waals surface area contributed by atoms with Crippen LogP contribution in [0, 0.1) is 13.8 Å². The molecule has 0 fully saturated rings. The van der Waals surface area contributed by atoms with E-state index in [-0.39, 0.29) is 5.91 Å². The van der Waals surface area contributed by atoms with Gasteiger partial charge in [0, 0.05) is 12.1 Å². The van der Waals surface area contributed by atoms with Gasteiger partial charge in [0.2, 0.25) is 0 Å². The van der Waals surface area contributed by atoms with E-state index in [2.05, 4.69) is 11.4 Å². The Balaban J connectivity index is 2.09. The summed E-state index contributed by atoms with van der Waals surface area (Å²) in [6, 6.07) is 10.8. The van der Waals surface area contributed by atoms with E-state index in [0.29, 0.717) is 30.2 Å². The standard InChI is InChI=1S/C20H23NO5/c1-4-25-18-10-15(7-8-17(18)26-12-19(22)23)20(24)21-11-16-6-5-13(2)9-14(16)3/h5-10H,4,11-12H2,1-3H3,(H,21,24)(H,22,23). The van der Waals surface area contributed by atoms with E-state index in [4.69, 9.17) is 14.6 Å². The number of hydrogen-bond acceptors (Lipinski definition) is 4. The van der Waals surface area contributed by atoms with Crippen LogP contribution in [0.15, 0.2) is 36.4 Å². The third-order valence-electron chi connectivity index (χ3n) is 3.79. The van der Waals surface area contributed by atoms with Crippen LogP contribution in [0.25, 0.3) is 0 Å². The lowest BCUT2D eigenvalue weighted by Gasteiger charge is -2.13. The van der Waals surface area contributed by atoms with Crippen molar-refractivity contribution in [2.24, 2.45) is 0 Å². The van der Waals surface area contributed by atoms with E-state index in [0.717, 1.165) is 11.1 Å². The lowest BCUT2D eigenvalue weighted by Crippen LogP contribution is -2.23. The van der Waals surface area contributed by atoms with Gasteiger partial charge in [0.25, 0.3) is 5.91 Å². The molecule has 0 bridgehead atoms. The Bertz CT molecular complexity index is 801. The minimum atomic E-state index is -1.08. The van der Waals surface area contributed by atoms with E-state index in [1.54, 1.807) is 25.1 Å². The van der Waals surface area contributed by atoms with Crippen molar-refractivity contribution < 1.29 is 24.2 Å². The molecule has 138 valence electrons. The highest BCUT2D eigenvalue weighted by Gasteiger charge is 2.13. The van der Waals surface area contributed by atoms with Crippen LogP contribution in [0.4, 0.5) is 0 Å². The molecule has 2 aromatic carbocycles. The van der Waals surface area contributed by atoms with Gasteiger partial charge in [0.15, 0.2) is 18.1 Å². The number of carboxylic acids is 1. The zero-order valence-corrected chi connectivity index (χ0v) is 15.2. The molecule has 0 aliphatic heterocycles. The van der Waals surface area contributed by atoms with Gasteiger partial charge in [-0.05, 0) is 50.1 Å². The maximum absolute atomic E-state index is 12.4. The third-order valence-corrected chi connectivity index (χ3v) is 3.79. The number of carboxylic acid groups (broad SMARTS) is 1. The topological polar surface area (TPSA) is 84.9 Å². The SMILES string of the molecule is CCOc1cc(C(=O)NCc2ccc(C)cc2C)ccc1OCC(=O)O. The Morgan fingerprint density at radius 3 is 2.46 bits per heavy atom.